The third kappa shape index (κ3) is 33.7. The smallest absolute Gasteiger partial charge is 0.0801 e. The van der Waals surface area contributed by atoms with Gasteiger partial charge < -0.3 is 20.0 Å². The van der Waals surface area contributed by atoms with E-state index in [2.05, 4.69) is 0 Å². The maximum Gasteiger partial charge on any atom is 0.0801 e. The number of aliphatic hydroxyl groups is 2. The fourth-order valence-corrected chi connectivity index (χ4v) is 1.59. The van der Waals surface area contributed by atoms with Crippen LogP contribution in [0, 0.1) is 0 Å². The van der Waals surface area contributed by atoms with Gasteiger partial charge in [0.25, 0.3) is 0 Å². The van der Waals surface area contributed by atoms with E-state index in [1.807, 2.05) is 38.0 Å². The van der Waals surface area contributed by atoms with Gasteiger partial charge in [-0.05, 0) is 34.6 Å². The Morgan fingerprint density at radius 1 is 0.714 bits per heavy atom. The van der Waals surface area contributed by atoms with Crippen molar-refractivity contribution in [3.63, 3.8) is 0 Å². The molecule has 21 heavy (non-hydrogen) atoms. The molecule has 0 aliphatic rings. The molecule has 2 unspecified atom stereocenters. The summed E-state index contributed by atoms with van der Waals surface area (Å²) in [6.07, 6.45) is 0.154. The number of rotatable bonds is 8. The van der Waals surface area contributed by atoms with Crippen molar-refractivity contribution in [2.45, 2.75) is 18.6 Å². The van der Waals surface area contributed by atoms with E-state index < -0.39 is 0 Å². The fraction of sp³-hybridized carbons (Fsp3) is 1.00. The average Bonchev–Trinajstić information content (AvgIpc) is 2.39. The van der Waals surface area contributed by atoms with Crippen LogP contribution >= 0.6 is 46.4 Å². The van der Waals surface area contributed by atoms with Crippen molar-refractivity contribution in [2.24, 2.45) is 0 Å². The zero-order valence-electron chi connectivity index (χ0n) is 13.4. The Kier molecular flexibility index (Phi) is 26.9. The highest BCUT2D eigenvalue weighted by Crippen LogP contribution is 1.88. The molecule has 0 fully saturated rings. The lowest BCUT2D eigenvalue weighted by atomic mass is 10.4. The summed E-state index contributed by atoms with van der Waals surface area (Å²) in [4.78, 5) is 3.79. The van der Waals surface area contributed by atoms with Crippen molar-refractivity contribution in [2.75, 3.05) is 64.8 Å². The number of hydrogen-bond donors (Lipinski definition) is 2. The van der Waals surface area contributed by atoms with E-state index in [4.69, 9.17) is 56.6 Å². The Bertz CT molecular complexity index is 172. The Morgan fingerprint density at radius 3 is 1.05 bits per heavy atom. The first-order chi connectivity index (χ1) is 9.74. The molecule has 0 aromatic carbocycles. The Balaban J connectivity index is -0.000000239. The molecule has 2 N–H and O–H groups in total. The van der Waals surface area contributed by atoms with E-state index in [1.165, 1.54) is 0 Å². The van der Waals surface area contributed by atoms with Crippen LogP contribution < -0.4 is 0 Å². The second kappa shape index (κ2) is 21.0. The van der Waals surface area contributed by atoms with E-state index in [0.29, 0.717) is 36.6 Å². The van der Waals surface area contributed by atoms with Gasteiger partial charge in [0.1, 0.15) is 0 Å². The van der Waals surface area contributed by atoms with Crippen molar-refractivity contribution in [3.8, 4) is 0 Å². The van der Waals surface area contributed by atoms with Crippen LogP contribution in [-0.4, -0.2) is 97.0 Å². The lowest BCUT2D eigenvalue weighted by Crippen LogP contribution is -2.26. The number of likely N-dealkylation sites (N-methyl/N-ethyl adjacent to an activating group) is 2. The molecule has 0 aliphatic carbocycles. The first-order valence-electron chi connectivity index (χ1n) is 6.64. The van der Waals surface area contributed by atoms with E-state index >= 15 is 0 Å². The molecule has 0 aromatic heterocycles. The van der Waals surface area contributed by atoms with Gasteiger partial charge in [0, 0.05) is 36.6 Å². The monoisotopic (exact) mass is 386 g/mol. The fourth-order valence-electron chi connectivity index (χ4n) is 0.991. The highest BCUT2D eigenvalue weighted by atomic mass is 35.5. The van der Waals surface area contributed by atoms with Crippen LogP contribution in [0.25, 0.3) is 0 Å². The van der Waals surface area contributed by atoms with Gasteiger partial charge in [-0.15, -0.1) is 46.4 Å². The topological polar surface area (TPSA) is 46.9 Å². The summed E-state index contributed by atoms with van der Waals surface area (Å²) >= 11 is 21.1. The van der Waals surface area contributed by atoms with Crippen LogP contribution in [0.1, 0.15) is 6.42 Å². The molecule has 8 heteroatoms. The largest absolute Gasteiger partial charge is 0.391 e. The SMILES string of the molecule is CN(C)CC(O)CCl.CN(C)CC(O)CCl.ClCCCCl. The van der Waals surface area contributed by atoms with Crippen molar-refractivity contribution in [3.05, 3.63) is 0 Å². The first kappa shape index (κ1) is 26.9. The minimum atomic E-state index is -0.383. The number of hydrogen-bond acceptors (Lipinski definition) is 4. The zero-order chi connectivity index (χ0) is 17.3. The summed E-state index contributed by atoms with van der Waals surface area (Å²) in [6.45, 7) is 1.28. The Hall–Kier alpha value is 1.00. The highest BCUT2D eigenvalue weighted by Gasteiger charge is 2.01. The number of alkyl halides is 4. The minimum absolute atomic E-state index is 0.318. The van der Waals surface area contributed by atoms with E-state index in [1.54, 1.807) is 0 Å². The predicted octanol–water partition coefficient (Wildman–Crippen LogP) is 2.15. The molecule has 132 valence electrons. The van der Waals surface area contributed by atoms with Gasteiger partial charge in [0.15, 0.2) is 0 Å². The van der Waals surface area contributed by atoms with Crippen LogP contribution in [0.15, 0.2) is 0 Å². The number of nitrogens with zero attached hydrogens (tertiary/aromatic N) is 2. The maximum absolute atomic E-state index is 8.85. The summed E-state index contributed by atoms with van der Waals surface area (Å²) < 4.78 is 0. The second-order valence-electron chi connectivity index (χ2n) is 4.87. The molecule has 0 rings (SSSR count). The highest BCUT2D eigenvalue weighted by molar-refractivity contribution is 6.20. The summed E-state index contributed by atoms with van der Waals surface area (Å²) in [5, 5.41) is 17.7. The molecule has 2 atom stereocenters. The van der Waals surface area contributed by atoms with Crippen LogP contribution in [0.5, 0.6) is 0 Å². The number of halogens is 4. The van der Waals surface area contributed by atoms with Crippen molar-refractivity contribution in [1.29, 1.82) is 0 Å². The van der Waals surface area contributed by atoms with Gasteiger partial charge in [0.2, 0.25) is 0 Å². The summed E-state index contributed by atoms with van der Waals surface area (Å²) in [5.74, 6) is 2.00. The molecule has 0 radical (unpaired) electrons. The van der Waals surface area contributed by atoms with Gasteiger partial charge in [-0.2, -0.15) is 0 Å². The molecule has 0 bridgehead atoms. The molecule has 0 amide bonds. The molecule has 0 saturated carbocycles. The normalized spacial score (nSPS) is 13.1. The first-order valence-corrected chi connectivity index (χ1v) is 8.78. The molecule has 0 saturated heterocycles. The van der Waals surface area contributed by atoms with Gasteiger partial charge >= 0.3 is 0 Å². The molecule has 0 heterocycles. The Morgan fingerprint density at radius 2 is 1.00 bits per heavy atom. The van der Waals surface area contributed by atoms with Crippen LogP contribution in [0.4, 0.5) is 0 Å². The minimum Gasteiger partial charge on any atom is -0.391 e. The second-order valence-corrected chi connectivity index (χ2v) is 6.25. The van der Waals surface area contributed by atoms with E-state index in [-0.39, 0.29) is 12.2 Å². The maximum atomic E-state index is 8.85. The van der Waals surface area contributed by atoms with Gasteiger partial charge in [-0.25, -0.2) is 0 Å². The quantitative estimate of drug-likeness (QED) is 0.626. The molecule has 0 spiro atoms. The van der Waals surface area contributed by atoms with Crippen molar-refractivity contribution >= 4 is 46.4 Å². The van der Waals surface area contributed by atoms with Gasteiger partial charge in [0.05, 0.1) is 12.2 Å². The summed E-state index contributed by atoms with van der Waals surface area (Å²) in [6, 6.07) is 0. The zero-order valence-corrected chi connectivity index (χ0v) is 16.4. The molecular weight excluding hydrogens is 358 g/mol. The summed E-state index contributed by atoms with van der Waals surface area (Å²) in [7, 11) is 7.59. The standard InChI is InChI=1S/2C5H12ClNO.C3H6Cl2/c2*1-7(2)4-5(8)3-6;4-2-1-3-5/h2*5,8H,3-4H2,1-2H3;1-3H2. The van der Waals surface area contributed by atoms with Crippen LogP contribution in [-0.2, 0) is 0 Å². The van der Waals surface area contributed by atoms with Crippen molar-refractivity contribution in [1.82, 2.24) is 9.80 Å². The number of aliphatic hydroxyl groups excluding tert-OH is 2. The molecular formula is C13H30Cl4N2O2. The van der Waals surface area contributed by atoms with Crippen LogP contribution in [0.3, 0.4) is 0 Å². The lowest BCUT2D eigenvalue weighted by molar-refractivity contribution is 0.156. The Labute approximate surface area is 149 Å². The third-order valence-electron chi connectivity index (χ3n) is 1.78. The van der Waals surface area contributed by atoms with Crippen molar-refractivity contribution < 1.29 is 10.2 Å². The molecule has 0 aliphatic heterocycles. The van der Waals surface area contributed by atoms with E-state index in [9.17, 15) is 0 Å². The van der Waals surface area contributed by atoms with Gasteiger partial charge in [-0.1, -0.05) is 0 Å². The molecule has 4 nitrogen and oxygen atoms in total. The molecule has 0 aromatic rings. The third-order valence-corrected chi connectivity index (χ3v) is 3.02. The lowest BCUT2D eigenvalue weighted by Gasteiger charge is -2.12. The van der Waals surface area contributed by atoms with Gasteiger partial charge in [-0.3, -0.25) is 0 Å². The van der Waals surface area contributed by atoms with Crippen LogP contribution in [0.2, 0.25) is 0 Å². The summed E-state index contributed by atoms with van der Waals surface area (Å²) in [5.41, 5.74) is 0. The predicted molar refractivity (Wildman–Crippen MR) is 96.6 cm³/mol. The average molecular weight is 388 g/mol. The van der Waals surface area contributed by atoms with E-state index in [0.717, 1.165) is 6.42 Å².